The fraction of sp³-hybridized carbons (Fsp3) is 0.0435. The standard InChI is InChI=1S/C23H18O4/c24-19-11-12-22(25)21(15-19)23(26)20(10-5-13-27-23)18-9-4-8-17(14-18)16-6-2-1-3-7-16/h1-15,24-26H. The maximum atomic E-state index is 11.3. The maximum absolute atomic E-state index is 11.3. The van der Waals surface area contributed by atoms with Gasteiger partial charge in [-0.05, 0) is 53.1 Å². The molecule has 0 amide bonds. The molecule has 0 aromatic heterocycles. The third-order valence-electron chi connectivity index (χ3n) is 4.57. The third-order valence-corrected chi connectivity index (χ3v) is 4.57. The summed E-state index contributed by atoms with van der Waals surface area (Å²) in [6, 6.07) is 21.6. The number of aromatic hydroxyl groups is 2. The van der Waals surface area contributed by atoms with Crippen molar-refractivity contribution in [3.05, 3.63) is 102 Å². The Balaban J connectivity index is 1.83. The fourth-order valence-corrected chi connectivity index (χ4v) is 3.24. The number of rotatable bonds is 3. The Bertz CT molecular complexity index is 1040. The molecule has 0 fully saturated rings. The molecule has 0 spiro atoms. The van der Waals surface area contributed by atoms with Crippen molar-refractivity contribution in [3.8, 4) is 22.6 Å². The van der Waals surface area contributed by atoms with Gasteiger partial charge >= 0.3 is 0 Å². The highest BCUT2D eigenvalue weighted by atomic mass is 16.6. The van der Waals surface area contributed by atoms with E-state index in [1.165, 1.54) is 24.5 Å². The van der Waals surface area contributed by atoms with E-state index in [2.05, 4.69) is 0 Å². The van der Waals surface area contributed by atoms with Crippen molar-refractivity contribution in [1.29, 1.82) is 0 Å². The molecule has 4 nitrogen and oxygen atoms in total. The number of allylic oxidation sites excluding steroid dienone is 2. The van der Waals surface area contributed by atoms with Crippen LogP contribution in [0.4, 0.5) is 0 Å². The van der Waals surface area contributed by atoms with Crippen LogP contribution in [0.1, 0.15) is 11.1 Å². The van der Waals surface area contributed by atoms with Crippen molar-refractivity contribution in [1.82, 2.24) is 0 Å². The zero-order valence-electron chi connectivity index (χ0n) is 14.4. The summed E-state index contributed by atoms with van der Waals surface area (Å²) in [4.78, 5) is 0. The Labute approximate surface area is 156 Å². The third kappa shape index (κ3) is 3.07. The van der Waals surface area contributed by atoms with Crippen LogP contribution in [0.2, 0.25) is 0 Å². The van der Waals surface area contributed by atoms with Gasteiger partial charge in [0.15, 0.2) is 0 Å². The average molecular weight is 358 g/mol. The van der Waals surface area contributed by atoms with Crippen LogP contribution in [-0.4, -0.2) is 15.3 Å². The summed E-state index contributed by atoms with van der Waals surface area (Å²) in [5.74, 6) is -2.17. The van der Waals surface area contributed by atoms with E-state index >= 15 is 0 Å². The molecule has 4 heteroatoms. The Kier molecular flexibility index (Phi) is 4.18. The van der Waals surface area contributed by atoms with Gasteiger partial charge in [-0.1, -0.05) is 48.5 Å². The zero-order valence-corrected chi connectivity index (χ0v) is 14.4. The molecule has 1 atom stereocenters. The number of hydrogen-bond acceptors (Lipinski definition) is 4. The predicted octanol–water partition coefficient (Wildman–Crippen LogP) is 4.54. The molecule has 1 heterocycles. The highest BCUT2D eigenvalue weighted by Gasteiger charge is 2.40. The number of benzene rings is 3. The Morgan fingerprint density at radius 3 is 2.30 bits per heavy atom. The van der Waals surface area contributed by atoms with Crippen LogP contribution < -0.4 is 0 Å². The second-order valence-corrected chi connectivity index (χ2v) is 6.32. The topological polar surface area (TPSA) is 69.9 Å². The van der Waals surface area contributed by atoms with E-state index in [9.17, 15) is 15.3 Å². The minimum Gasteiger partial charge on any atom is -0.508 e. The van der Waals surface area contributed by atoms with Crippen molar-refractivity contribution in [2.45, 2.75) is 5.79 Å². The van der Waals surface area contributed by atoms with E-state index in [0.29, 0.717) is 5.57 Å². The SMILES string of the molecule is Oc1ccc(O)c(C2(O)OC=CC=C2c2cccc(-c3ccccc3)c2)c1. The molecular formula is C23H18O4. The van der Waals surface area contributed by atoms with Crippen molar-refractivity contribution < 1.29 is 20.1 Å². The van der Waals surface area contributed by atoms with E-state index < -0.39 is 5.79 Å². The second-order valence-electron chi connectivity index (χ2n) is 6.32. The van der Waals surface area contributed by atoms with Crippen LogP contribution in [0.3, 0.4) is 0 Å². The maximum Gasteiger partial charge on any atom is 0.265 e. The van der Waals surface area contributed by atoms with Crippen molar-refractivity contribution in [2.75, 3.05) is 0 Å². The van der Waals surface area contributed by atoms with Gasteiger partial charge in [0.25, 0.3) is 5.79 Å². The molecule has 0 radical (unpaired) electrons. The van der Waals surface area contributed by atoms with Crippen molar-refractivity contribution in [2.24, 2.45) is 0 Å². The summed E-state index contributed by atoms with van der Waals surface area (Å²) >= 11 is 0. The van der Waals surface area contributed by atoms with Gasteiger partial charge in [0.1, 0.15) is 11.5 Å². The van der Waals surface area contributed by atoms with Gasteiger partial charge in [-0.25, -0.2) is 0 Å². The van der Waals surface area contributed by atoms with Gasteiger partial charge in [0, 0.05) is 5.57 Å². The normalized spacial score (nSPS) is 18.6. The first kappa shape index (κ1) is 16.9. The molecule has 0 bridgehead atoms. The molecule has 0 saturated heterocycles. The van der Waals surface area contributed by atoms with Crippen molar-refractivity contribution in [3.63, 3.8) is 0 Å². The lowest BCUT2D eigenvalue weighted by Crippen LogP contribution is -2.30. The van der Waals surface area contributed by atoms with Gasteiger partial charge < -0.3 is 20.1 Å². The van der Waals surface area contributed by atoms with Crippen LogP contribution in [0.15, 0.2) is 91.2 Å². The van der Waals surface area contributed by atoms with E-state index in [1.807, 2.05) is 54.6 Å². The largest absolute Gasteiger partial charge is 0.508 e. The number of hydrogen-bond donors (Lipinski definition) is 3. The summed E-state index contributed by atoms with van der Waals surface area (Å²) in [7, 11) is 0. The second kappa shape index (κ2) is 6.67. The highest BCUT2D eigenvalue weighted by molar-refractivity contribution is 5.79. The van der Waals surface area contributed by atoms with Crippen LogP contribution in [0.25, 0.3) is 16.7 Å². The lowest BCUT2D eigenvalue weighted by atomic mass is 9.88. The minimum atomic E-state index is -1.92. The Hall–Kier alpha value is -3.50. The van der Waals surface area contributed by atoms with Crippen LogP contribution >= 0.6 is 0 Å². The molecule has 3 aromatic carbocycles. The fourth-order valence-electron chi connectivity index (χ4n) is 3.24. The van der Waals surface area contributed by atoms with Gasteiger partial charge in [-0.15, -0.1) is 0 Å². The van der Waals surface area contributed by atoms with Crippen molar-refractivity contribution >= 4 is 5.57 Å². The number of phenolic OH excluding ortho intramolecular Hbond substituents is 2. The summed E-state index contributed by atoms with van der Waals surface area (Å²) in [6.07, 6.45) is 4.77. The quantitative estimate of drug-likeness (QED) is 0.601. The predicted molar refractivity (Wildman–Crippen MR) is 104 cm³/mol. The molecule has 3 N–H and O–H groups in total. The van der Waals surface area contributed by atoms with E-state index in [0.717, 1.165) is 16.7 Å². The molecule has 1 unspecified atom stereocenters. The molecule has 134 valence electrons. The van der Waals surface area contributed by atoms with Gasteiger partial charge in [-0.2, -0.15) is 0 Å². The molecule has 0 aliphatic carbocycles. The molecule has 4 rings (SSSR count). The van der Waals surface area contributed by atoms with Gasteiger partial charge in [0.05, 0.1) is 11.8 Å². The monoisotopic (exact) mass is 358 g/mol. The molecular weight excluding hydrogens is 340 g/mol. The summed E-state index contributed by atoms with van der Waals surface area (Å²) in [5.41, 5.74) is 3.32. The van der Waals surface area contributed by atoms with E-state index in [4.69, 9.17) is 4.74 Å². The number of phenols is 2. The summed E-state index contributed by atoms with van der Waals surface area (Å²) in [5, 5.41) is 31.4. The van der Waals surface area contributed by atoms with Crippen LogP contribution in [0.5, 0.6) is 11.5 Å². The van der Waals surface area contributed by atoms with E-state index in [-0.39, 0.29) is 17.1 Å². The summed E-state index contributed by atoms with van der Waals surface area (Å²) < 4.78 is 5.54. The van der Waals surface area contributed by atoms with Crippen LogP contribution in [0, 0.1) is 0 Å². The summed E-state index contributed by atoms with van der Waals surface area (Å²) in [6.45, 7) is 0. The van der Waals surface area contributed by atoms with E-state index in [1.54, 1.807) is 12.2 Å². The molecule has 1 aliphatic heterocycles. The number of ether oxygens (including phenoxy) is 1. The molecule has 0 saturated carbocycles. The Morgan fingerprint density at radius 1 is 0.741 bits per heavy atom. The first-order valence-corrected chi connectivity index (χ1v) is 8.54. The molecule has 3 aromatic rings. The lowest BCUT2D eigenvalue weighted by molar-refractivity contribution is -0.126. The Morgan fingerprint density at radius 2 is 1.48 bits per heavy atom. The smallest absolute Gasteiger partial charge is 0.265 e. The minimum absolute atomic E-state index is 0.0724. The van der Waals surface area contributed by atoms with Crippen LogP contribution in [-0.2, 0) is 10.5 Å². The zero-order chi connectivity index (χ0) is 18.9. The first-order chi connectivity index (χ1) is 13.1. The first-order valence-electron chi connectivity index (χ1n) is 8.54. The molecule has 1 aliphatic rings. The number of aliphatic hydroxyl groups is 1. The van der Waals surface area contributed by atoms with Gasteiger partial charge in [-0.3, -0.25) is 0 Å². The lowest BCUT2D eigenvalue weighted by Gasteiger charge is -2.33. The molecule has 27 heavy (non-hydrogen) atoms. The van der Waals surface area contributed by atoms with Gasteiger partial charge in [0.2, 0.25) is 0 Å². The highest BCUT2D eigenvalue weighted by Crippen LogP contribution is 2.44. The average Bonchev–Trinajstić information content (AvgIpc) is 2.71.